The maximum absolute atomic E-state index is 12.5. The normalized spacial score (nSPS) is 16.8. The molecule has 7 heteroatoms. The third kappa shape index (κ3) is 3.27. The SMILES string of the molecule is CC(=O)N1c2ccc(S(=O)(=O)Oc3cccc(I)c3)cc2CC1C. The molecular formula is C17H16INO4S. The van der Waals surface area contributed by atoms with Crippen LogP contribution in [0.3, 0.4) is 0 Å². The first kappa shape index (κ1) is 17.2. The molecule has 126 valence electrons. The molecule has 1 atom stereocenters. The van der Waals surface area contributed by atoms with Gasteiger partial charge in [-0.15, -0.1) is 0 Å². The Bertz CT molecular complexity index is 911. The zero-order valence-electron chi connectivity index (χ0n) is 13.2. The molecule has 1 unspecified atom stereocenters. The number of nitrogens with zero attached hydrogens (tertiary/aromatic N) is 1. The standard InChI is InChI=1S/C17H16INO4S/c1-11-8-13-9-16(6-7-17(13)19(11)12(2)20)24(21,22)23-15-5-3-4-14(18)10-15/h3-7,9-11H,8H2,1-2H3. The van der Waals surface area contributed by atoms with Crippen molar-refractivity contribution in [3.8, 4) is 5.75 Å². The van der Waals surface area contributed by atoms with E-state index in [-0.39, 0.29) is 22.6 Å². The number of halogens is 1. The average molecular weight is 457 g/mol. The number of hydrogen-bond donors (Lipinski definition) is 0. The Morgan fingerprint density at radius 1 is 1.25 bits per heavy atom. The lowest BCUT2D eigenvalue weighted by molar-refractivity contribution is -0.116. The topological polar surface area (TPSA) is 63.7 Å². The van der Waals surface area contributed by atoms with Crippen LogP contribution >= 0.6 is 22.6 Å². The molecular weight excluding hydrogens is 441 g/mol. The minimum atomic E-state index is -3.91. The van der Waals surface area contributed by atoms with Crippen molar-refractivity contribution < 1.29 is 17.4 Å². The minimum Gasteiger partial charge on any atom is -0.379 e. The van der Waals surface area contributed by atoms with Crippen LogP contribution in [0.15, 0.2) is 47.4 Å². The molecule has 1 amide bonds. The highest BCUT2D eigenvalue weighted by Gasteiger charge is 2.30. The molecule has 2 aromatic carbocycles. The van der Waals surface area contributed by atoms with E-state index < -0.39 is 10.1 Å². The van der Waals surface area contributed by atoms with E-state index in [1.54, 1.807) is 35.2 Å². The first-order valence-electron chi connectivity index (χ1n) is 7.41. The summed E-state index contributed by atoms with van der Waals surface area (Å²) in [7, 11) is -3.91. The predicted molar refractivity (Wildman–Crippen MR) is 99.7 cm³/mol. The van der Waals surface area contributed by atoms with Crippen LogP contribution in [0.1, 0.15) is 19.4 Å². The van der Waals surface area contributed by atoms with Gasteiger partial charge in [0, 0.05) is 22.2 Å². The van der Waals surface area contributed by atoms with Crippen LogP contribution in [0.2, 0.25) is 0 Å². The van der Waals surface area contributed by atoms with E-state index in [2.05, 4.69) is 22.6 Å². The van der Waals surface area contributed by atoms with Gasteiger partial charge in [0.1, 0.15) is 10.6 Å². The van der Waals surface area contributed by atoms with Crippen molar-refractivity contribution in [3.05, 3.63) is 51.6 Å². The van der Waals surface area contributed by atoms with Gasteiger partial charge in [-0.25, -0.2) is 0 Å². The first-order chi connectivity index (χ1) is 11.3. The summed E-state index contributed by atoms with van der Waals surface area (Å²) in [6.45, 7) is 3.45. The van der Waals surface area contributed by atoms with E-state index in [4.69, 9.17) is 4.18 Å². The van der Waals surface area contributed by atoms with E-state index >= 15 is 0 Å². The Kier molecular flexibility index (Phi) is 4.56. The van der Waals surface area contributed by atoms with Crippen molar-refractivity contribution in [3.63, 3.8) is 0 Å². The molecule has 3 rings (SSSR count). The molecule has 1 heterocycles. The molecule has 0 N–H and O–H groups in total. The third-order valence-electron chi connectivity index (χ3n) is 3.90. The second kappa shape index (κ2) is 6.36. The number of amides is 1. The maximum atomic E-state index is 12.5. The molecule has 0 bridgehead atoms. The second-order valence-electron chi connectivity index (χ2n) is 5.73. The molecule has 5 nitrogen and oxygen atoms in total. The molecule has 0 fully saturated rings. The van der Waals surface area contributed by atoms with Crippen LogP contribution in [-0.2, 0) is 21.3 Å². The molecule has 0 saturated carbocycles. The van der Waals surface area contributed by atoms with Gasteiger partial charge in [0.15, 0.2) is 0 Å². The van der Waals surface area contributed by atoms with Crippen LogP contribution in [0.25, 0.3) is 0 Å². The smallest absolute Gasteiger partial charge is 0.339 e. The fourth-order valence-corrected chi connectivity index (χ4v) is 4.43. The quantitative estimate of drug-likeness (QED) is 0.524. The van der Waals surface area contributed by atoms with Crippen LogP contribution in [0, 0.1) is 3.57 Å². The van der Waals surface area contributed by atoms with Gasteiger partial charge >= 0.3 is 10.1 Å². The van der Waals surface area contributed by atoms with Crippen LogP contribution in [-0.4, -0.2) is 20.4 Å². The third-order valence-corrected chi connectivity index (χ3v) is 5.81. The van der Waals surface area contributed by atoms with Crippen molar-refractivity contribution in [2.24, 2.45) is 0 Å². The van der Waals surface area contributed by atoms with E-state index in [1.165, 1.54) is 13.0 Å². The van der Waals surface area contributed by atoms with Crippen molar-refractivity contribution >= 4 is 44.3 Å². The predicted octanol–water partition coefficient (Wildman–Crippen LogP) is 3.36. The Balaban J connectivity index is 1.93. The lowest BCUT2D eigenvalue weighted by atomic mass is 10.1. The number of carbonyl (C=O) groups is 1. The molecule has 0 radical (unpaired) electrons. The van der Waals surface area contributed by atoms with Crippen LogP contribution in [0.4, 0.5) is 5.69 Å². The van der Waals surface area contributed by atoms with Gasteiger partial charge < -0.3 is 9.08 Å². The Labute approximate surface area is 154 Å². The van der Waals surface area contributed by atoms with Gasteiger partial charge in [0.25, 0.3) is 0 Å². The largest absolute Gasteiger partial charge is 0.379 e. The summed E-state index contributed by atoms with van der Waals surface area (Å²) in [5.74, 6) is 0.230. The monoisotopic (exact) mass is 457 g/mol. The number of hydrogen-bond acceptors (Lipinski definition) is 4. The van der Waals surface area contributed by atoms with Crippen molar-refractivity contribution in [1.29, 1.82) is 0 Å². The average Bonchev–Trinajstić information content (AvgIpc) is 2.81. The summed E-state index contributed by atoms with van der Waals surface area (Å²) in [5, 5.41) is 0. The summed E-state index contributed by atoms with van der Waals surface area (Å²) in [6.07, 6.45) is 0.626. The summed E-state index contributed by atoms with van der Waals surface area (Å²) in [6, 6.07) is 11.6. The molecule has 1 aliphatic heterocycles. The van der Waals surface area contributed by atoms with Crippen molar-refractivity contribution in [2.75, 3.05) is 4.90 Å². The summed E-state index contributed by atoms with van der Waals surface area (Å²) in [5.41, 5.74) is 1.60. The zero-order chi connectivity index (χ0) is 17.5. The fourth-order valence-electron chi connectivity index (χ4n) is 2.94. The van der Waals surface area contributed by atoms with Gasteiger partial charge in [-0.3, -0.25) is 4.79 Å². The highest BCUT2D eigenvalue weighted by Crippen LogP contribution is 2.34. The Hall–Kier alpha value is -1.61. The number of rotatable bonds is 3. The maximum Gasteiger partial charge on any atom is 0.339 e. The Morgan fingerprint density at radius 3 is 2.67 bits per heavy atom. The van der Waals surface area contributed by atoms with E-state index in [0.717, 1.165) is 14.8 Å². The molecule has 0 aromatic heterocycles. The van der Waals surface area contributed by atoms with Crippen LogP contribution in [0.5, 0.6) is 5.75 Å². The first-order valence-corrected chi connectivity index (χ1v) is 9.89. The van der Waals surface area contributed by atoms with Gasteiger partial charge in [-0.05, 0) is 77.9 Å². The lowest BCUT2D eigenvalue weighted by Gasteiger charge is -2.20. The van der Waals surface area contributed by atoms with Crippen molar-refractivity contribution in [2.45, 2.75) is 31.2 Å². The summed E-state index contributed by atoms with van der Waals surface area (Å²) >= 11 is 2.09. The number of fused-ring (bicyclic) bond motifs is 1. The lowest BCUT2D eigenvalue weighted by Crippen LogP contribution is -2.33. The highest BCUT2D eigenvalue weighted by atomic mass is 127. The zero-order valence-corrected chi connectivity index (χ0v) is 16.2. The molecule has 2 aromatic rings. The highest BCUT2D eigenvalue weighted by molar-refractivity contribution is 14.1. The summed E-state index contributed by atoms with van der Waals surface area (Å²) in [4.78, 5) is 13.5. The van der Waals surface area contributed by atoms with Crippen molar-refractivity contribution in [1.82, 2.24) is 0 Å². The second-order valence-corrected chi connectivity index (χ2v) is 8.52. The van der Waals surface area contributed by atoms with E-state index in [0.29, 0.717) is 6.42 Å². The molecule has 0 aliphatic carbocycles. The fraction of sp³-hybridized carbons (Fsp3) is 0.235. The van der Waals surface area contributed by atoms with Gasteiger partial charge in [0.05, 0.1) is 0 Å². The molecule has 0 saturated heterocycles. The molecule has 24 heavy (non-hydrogen) atoms. The number of anilines is 1. The summed E-state index contributed by atoms with van der Waals surface area (Å²) < 4.78 is 31.1. The van der Waals surface area contributed by atoms with Crippen LogP contribution < -0.4 is 9.08 Å². The van der Waals surface area contributed by atoms with E-state index in [1.807, 2.05) is 13.0 Å². The van der Waals surface area contributed by atoms with E-state index in [9.17, 15) is 13.2 Å². The van der Waals surface area contributed by atoms with Gasteiger partial charge in [0.2, 0.25) is 5.91 Å². The molecule has 1 aliphatic rings. The molecule has 0 spiro atoms. The minimum absolute atomic E-state index is 0.0204. The number of benzene rings is 2. The van der Waals surface area contributed by atoms with Gasteiger partial charge in [-0.2, -0.15) is 8.42 Å². The Morgan fingerprint density at radius 2 is 2.00 bits per heavy atom. The van der Waals surface area contributed by atoms with Gasteiger partial charge in [-0.1, -0.05) is 6.07 Å². The number of carbonyl (C=O) groups excluding carboxylic acids is 1.